The molecule has 11 aromatic rings. The highest BCUT2D eigenvalue weighted by Crippen LogP contribution is 2.51. The van der Waals surface area contributed by atoms with Crippen molar-refractivity contribution in [2.24, 2.45) is 0 Å². The van der Waals surface area contributed by atoms with Gasteiger partial charge in [0.1, 0.15) is 11.2 Å². The van der Waals surface area contributed by atoms with Gasteiger partial charge in [-0.1, -0.05) is 190 Å². The van der Waals surface area contributed by atoms with Gasteiger partial charge in [-0.15, -0.1) is 0 Å². The maximum atomic E-state index is 6.85. The zero-order valence-electron chi connectivity index (χ0n) is 35.2. The summed E-state index contributed by atoms with van der Waals surface area (Å²) >= 11 is 0. The van der Waals surface area contributed by atoms with Gasteiger partial charge in [0.05, 0.1) is 0 Å². The number of fused-ring (bicyclic) bond motifs is 8. The lowest BCUT2D eigenvalue weighted by molar-refractivity contribution is 0.660. The minimum Gasteiger partial charge on any atom is -0.455 e. The van der Waals surface area contributed by atoms with Gasteiger partial charge in [-0.3, -0.25) is 0 Å². The van der Waals surface area contributed by atoms with Gasteiger partial charge in [-0.2, -0.15) is 0 Å². The summed E-state index contributed by atoms with van der Waals surface area (Å²) in [5.74, 6) is 0. The molecule has 1 heterocycles. The first kappa shape index (κ1) is 36.9. The molecule has 0 unspecified atom stereocenters. The van der Waals surface area contributed by atoms with E-state index < -0.39 is 0 Å². The molecule has 0 fully saturated rings. The normalized spacial score (nSPS) is 12.7. The van der Waals surface area contributed by atoms with Crippen LogP contribution in [0.25, 0.3) is 88.3 Å². The number of furan rings is 1. The van der Waals surface area contributed by atoms with Gasteiger partial charge in [0.2, 0.25) is 0 Å². The Morgan fingerprint density at radius 1 is 0.349 bits per heavy atom. The molecule has 298 valence electrons. The molecule has 0 saturated carbocycles. The first-order chi connectivity index (χ1) is 31.0. The Morgan fingerprint density at radius 2 is 0.857 bits per heavy atom. The molecule has 0 spiro atoms. The first-order valence-corrected chi connectivity index (χ1v) is 21.8. The molecule has 12 rings (SSSR count). The van der Waals surface area contributed by atoms with Crippen molar-refractivity contribution in [3.63, 3.8) is 0 Å². The highest BCUT2D eigenvalue weighted by atomic mass is 16.3. The maximum absolute atomic E-state index is 6.85. The number of rotatable bonds is 7. The average Bonchev–Trinajstić information content (AvgIpc) is 3.84. The van der Waals surface area contributed by atoms with Gasteiger partial charge in [-0.05, 0) is 115 Å². The van der Waals surface area contributed by atoms with E-state index in [0.717, 1.165) is 55.3 Å². The molecule has 0 saturated heterocycles. The quantitative estimate of drug-likeness (QED) is 0.160. The van der Waals surface area contributed by atoms with Crippen LogP contribution in [0.1, 0.15) is 25.0 Å². The van der Waals surface area contributed by atoms with Gasteiger partial charge in [0, 0.05) is 44.2 Å². The second-order valence-corrected chi connectivity index (χ2v) is 17.2. The molecule has 0 N–H and O–H groups in total. The molecule has 1 aliphatic rings. The van der Waals surface area contributed by atoms with Crippen LogP contribution >= 0.6 is 0 Å². The Labute approximate surface area is 368 Å². The van der Waals surface area contributed by atoms with Crippen molar-refractivity contribution in [3.8, 4) is 55.6 Å². The third-order valence-electron chi connectivity index (χ3n) is 13.3. The van der Waals surface area contributed by atoms with Crippen molar-refractivity contribution in [2.75, 3.05) is 4.90 Å². The Hall–Kier alpha value is -7.94. The van der Waals surface area contributed by atoms with Crippen LogP contribution in [0.3, 0.4) is 0 Å². The fraction of sp³-hybridized carbons (Fsp3) is 0.0492. The lowest BCUT2D eigenvalue weighted by Crippen LogP contribution is -2.16. The summed E-state index contributed by atoms with van der Waals surface area (Å²) in [6, 6.07) is 81.5. The molecule has 0 atom stereocenters. The van der Waals surface area contributed by atoms with Crippen molar-refractivity contribution in [3.05, 3.63) is 236 Å². The Bertz CT molecular complexity index is 3490. The third kappa shape index (κ3) is 6.02. The maximum Gasteiger partial charge on any atom is 0.143 e. The van der Waals surface area contributed by atoms with Crippen molar-refractivity contribution in [2.45, 2.75) is 19.3 Å². The topological polar surface area (TPSA) is 16.4 Å². The lowest BCUT2D eigenvalue weighted by atomic mass is 9.82. The number of hydrogen-bond donors (Lipinski definition) is 0. The largest absolute Gasteiger partial charge is 0.455 e. The van der Waals surface area contributed by atoms with Crippen molar-refractivity contribution < 1.29 is 4.42 Å². The van der Waals surface area contributed by atoms with Gasteiger partial charge >= 0.3 is 0 Å². The molecule has 2 heteroatoms. The summed E-state index contributed by atoms with van der Waals surface area (Å²) in [5, 5.41) is 4.51. The number of anilines is 3. The van der Waals surface area contributed by atoms with Crippen LogP contribution in [-0.4, -0.2) is 0 Å². The second-order valence-electron chi connectivity index (χ2n) is 17.2. The molecule has 1 aliphatic carbocycles. The number of nitrogens with zero attached hydrogens (tertiary/aromatic N) is 1. The third-order valence-corrected chi connectivity index (χ3v) is 13.3. The van der Waals surface area contributed by atoms with Crippen LogP contribution < -0.4 is 4.90 Å². The van der Waals surface area contributed by atoms with E-state index in [9.17, 15) is 0 Å². The van der Waals surface area contributed by atoms with Gasteiger partial charge in [-0.25, -0.2) is 0 Å². The monoisotopic (exact) mass is 805 g/mol. The average molecular weight is 806 g/mol. The van der Waals surface area contributed by atoms with Crippen LogP contribution in [0.4, 0.5) is 17.1 Å². The van der Waals surface area contributed by atoms with E-state index in [1.165, 1.54) is 61.2 Å². The molecule has 2 nitrogen and oxygen atoms in total. The van der Waals surface area contributed by atoms with Crippen molar-refractivity contribution in [1.82, 2.24) is 0 Å². The second kappa shape index (κ2) is 14.6. The molecule has 1 aromatic heterocycles. The Kier molecular flexibility index (Phi) is 8.55. The lowest BCUT2D eigenvalue weighted by Gasteiger charge is -2.28. The summed E-state index contributed by atoms with van der Waals surface area (Å²) in [4.78, 5) is 2.40. The fourth-order valence-corrected chi connectivity index (χ4v) is 10.2. The predicted molar refractivity (Wildman–Crippen MR) is 265 cm³/mol. The number of benzene rings is 10. The fourth-order valence-electron chi connectivity index (χ4n) is 10.2. The predicted octanol–water partition coefficient (Wildman–Crippen LogP) is 17.2. The van der Waals surface area contributed by atoms with Crippen LogP contribution in [0, 0.1) is 0 Å². The minimum absolute atomic E-state index is 0.117. The van der Waals surface area contributed by atoms with E-state index in [1.54, 1.807) is 0 Å². The van der Waals surface area contributed by atoms with Crippen LogP contribution in [-0.2, 0) is 5.41 Å². The zero-order valence-corrected chi connectivity index (χ0v) is 35.2. The van der Waals surface area contributed by atoms with E-state index in [-0.39, 0.29) is 5.41 Å². The SMILES string of the molecule is CC1(C)c2ccccc2-c2ccc(N(c3ccc(-c4ccccc4)cc3)c3ccc(-c4cc5c(oc6ccc(-c7ccccc7)c(-c7ccccc7)c65)c5ccccc45)cc3)cc21. The molecular weight excluding hydrogens is 763 g/mol. The smallest absolute Gasteiger partial charge is 0.143 e. The molecule has 10 aromatic carbocycles. The molecule has 0 amide bonds. The minimum atomic E-state index is -0.117. The molecule has 0 aliphatic heterocycles. The summed E-state index contributed by atoms with van der Waals surface area (Å²) in [6.45, 7) is 4.70. The van der Waals surface area contributed by atoms with Gasteiger partial charge in [0.25, 0.3) is 0 Å². The molecule has 0 radical (unpaired) electrons. The summed E-state index contributed by atoms with van der Waals surface area (Å²) in [6.07, 6.45) is 0. The van der Waals surface area contributed by atoms with E-state index in [2.05, 4.69) is 243 Å². The van der Waals surface area contributed by atoms with Gasteiger partial charge < -0.3 is 9.32 Å². The van der Waals surface area contributed by atoms with Crippen molar-refractivity contribution >= 4 is 49.8 Å². The van der Waals surface area contributed by atoms with Crippen LogP contribution in [0.15, 0.2) is 229 Å². The van der Waals surface area contributed by atoms with Crippen LogP contribution in [0.5, 0.6) is 0 Å². The Balaban J connectivity index is 1.03. The summed E-state index contributed by atoms with van der Waals surface area (Å²) in [7, 11) is 0. The van der Waals surface area contributed by atoms with E-state index >= 15 is 0 Å². The number of hydrogen-bond acceptors (Lipinski definition) is 2. The highest BCUT2D eigenvalue weighted by molar-refractivity contribution is 6.23. The summed E-state index contributed by atoms with van der Waals surface area (Å²) in [5.41, 5.74) is 19.8. The Morgan fingerprint density at radius 3 is 1.56 bits per heavy atom. The zero-order chi connectivity index (χ0) is 42.1. The molecule has 63 heavy (non-hydrogen) atoms. The summed E-state index contributed by atoms with van der Waals surface area (Å²) < 4.78 is 6.85. The highest BCUT2D eigenvalue weighted by Gasteiger charge is 2.35. The van der Waals surface area contributed by atoms with E-state index in [4.69, 9.17) is 4.42 Å². The van der Waals surface area contributed by atoms with Gasteiger partial charge in [0.15, 0.2) is 0 Å². The molecular formula is C61H43NO. The van der Waals surface area contributed by atoms with Crippen LogP contribution in [0.2, 0.25) is 0 Å². The standard InChI is InChI=1S/C61H43NO/c1-61(2)55-25-15-14-23-50(55)51-35-34-47(38-56(51)61)62(45-30-26-41(27-31-45)40-16-6-3-7-17-40)46-32-28-43(29-33-46)53-39-54-59-57(63-60(54)52-24-13-12-22-49(52)53)37-36-48(42-18-8-4-9-19-42)58(59)44-20-10-5-11-21-44/h3-39H,1-2H3. The van der Waals surface area contributed by atoms with E-state index in [0.29, 0.717) is 0 Å². The molecule has 0 bridgehead atoms. The van der Waals surface area contributed by atoms with Crippen molar-refractivity contribution in [1.29, 1.82) is 0 Å². The van der Waals surface area contributed by atoms with E-state index in [1.807, 2.05) is 0 Å². The first-order valence-electron chi connectivity index (χ1n) is 21.8.